The van der Waals surface area contributed by atoms with Crippen molar-refractivity contribution in [3.63, 3.8) is 0 Å². The number of anilines is 1. The van der Waals surface area contributed by atoms with Gasteiger partial charge in [-0.2, -0.15) is 13.4 Å². The smallest absolute Gasteiger partial charge is 0.410 e. The molecule has 2 aliphatic rings. The average molecular weight is 716 g/mol. The van der Waals surface area contributed by atoms with E-state index in [1.54, 1.807) is 29.4 Å². The van der Waals surface area contributed by atoms with Gasteiger partial charge in [-0.25, -0.2) is 23.5 Å². The van der Waals surface area contributed by atoms with Crippen LogP contribution in [0.5, 0.6) is 0 Å². The summed E-state index contributed by atoms with van der Waals surface area (Å²) in [5.41, 5.74) is 8.14. The highest BCUT2D eigenvalue weighted by Gasteiger charge is 2.34. The summed E-state index contributed by atoms with van der Waals surface area (Å²) in [4.78, 5) is 28.7. The standard InChI is InChI=1S/C26H31F2N7O4.C7H8O3S/c1-15(2)38-26(36)34-7-5-18(6-8-34)37-14-23-32-24(39-33-23)16-10-30-25(31-11-16)35-12-20(22(29)13-35)19-4-3-17(27)9-21(19)28;1-6-2-4-7(5-3-6)11(8,9)10/h3-4,9-11,15,18,20,22H,5-8,12-14,29H2,1-2H3;2-5H,1H3,(H,8,9,10)/t20-,22+;/m1./s1. The third-order valence-corrected chi connectivity index (χ3v) is 9.03. The van der Waals surface area contributed by atoms with Crippen LogP contribution in [0, 0.1) is 18.6 Å². The Morgan fingerprint density at radius 3 is 2.38 bits per heavy atom. The lowest BCUT2D eigenvalue weighted by atomic mass is 9.94. The average Bonchev–Trinajstić information content (AvgIpc) is 3.71. The van der Waals surface area contributed by atoms with Crippen molar-refractivity contribution in [1.82, 2.24) is 25.0 Å². The van der Waals surface area contributed by atoms with Gasteiger partial charge in [0.1, 0.15) is 18.2 Å². The molecule has 14 nitrogen and oxygen atoms in total. The lowest BCUT2D eigenvalue weighted by Crippen LogP contribution is -2.41. The number of ether oxygens (including phenoxy) is 2. The number of aryl methyl sites for hydroxylation is 1. The van der Waals surface area contributed by atoms with Crippen molar-refractivity contribution in [2.24, 2.45) is 5.73 Å². The van der Waals surface area contributed by atoms with Crippen LogP contribution < -0.4 is 10.6 Å². The zero-order chi connectivity index (χ0) is 36.0. The molecule has 3 N–H and O–H groups in total. The highest BCUT2D eigenvalue weighted by Crippen LogP contribution is 2.31. The van der Waals surface area contributed by atoms with E-state index in [2.05, 4.69) is 20.1 Å². The molecular formula is C33H39F2N7O7S. The summed E-state index contributed by atoms with van der Waals surface area (Å²) in [5, 5.41) is 3.98. The summed E-state index contributed by atoms with van der Waals surface area (Å²) >= 11 is 0. The van der Waals surface area contributed by atoms with Gasteiger partial charge in [0.2, 0.25) is 5.95 Å². The number of hydrogen-bond donors (Lipinski definition) is 2. The SMILES string of the molecule is CC(C)OC(=O)N1CCC(OCc2noc(-c3cnc(N4C[C@H](c5ccc(F)cc5F)[C@@H](N)C4)nc3)n2)CC1.Cc1ccc(S(=O)(=O)O)cc1. The number of amides is 1. The van der Waals surface area contributed by atoms with Crippen LogP contribution in [0.2, 0.25) is 0 Å². The van der Waals surface area contributed by atoms with Crippen molar-refractivity contribution in [3.8, 4) is 11.5 Å². The first-order chi connectivity index (χ1) is 23.8. The Labute approximate surface area is 288 Å². The Kier molecular flexibility index (Phi) is 11.7. The number of hydrogen-bond acceptors (Lipinski definition) is 12. The van der Waals surface area contributed by atoms with Crippen molar-refractivity contribution in [2.45, 2.75) is 69.3 Å². The molecule has 4 heterocycles. The summed E-state index contributed by atoms with van der Waals surface area (Å²) in [5.74, 6) is -0.456. The molecule has 2 aromatic carbocycles. The van der Waals surface area contributed by atoms with Gasteiger partial charge < -0.3 is 29.5 Å². The maximum Gasteiger partial charge on any atom is 0.410 e. The molecule has 1 amide bonds. The number of aromatic nitrogens is 4. The van der Waals surface area contributed by atoms with E-state index in [4.69, 9.17) is 24.3 Å². The van der Waals surface area contributed by atoms with E-state index in [1.807, 2.05) is 25.7 Å². The molecule has 2 aromatic heterocycles. The number of rotatable bonds is 8. The lowest BCUT2D eigenvalue weighted by molar-refractivity contribution is -0.00900. The molecule has 0 aliphatic carbocycles. The van der Waals surface area contributed by atoms with Gasteiger partial charge in [0.15, 0.2) is 5.82 Å². The van der Waals surface area contributed by atoms with Gasteiger partial charge in [-0.15, -0.1) is 0 Å². The van der Waals surface area contributed by atoms with E-state index < -0.39 is 21.8 Å². The highest BCUT2D eigenvalue weighted by molar-refractivity contribution is 7.85. The predicted octanol–water partition coefficient (Wildman–Crippen LogP) is 4.50. The lowest BCUT2D eigenvalue weighted by Gasteiger charge is -2.31. The number of halogens is 2. The summed E-state index contributed by atoms with van der Waals surface area (Å²) in [6, 6.07) is 9.17. The van der Waals surface area contributed by atoms with Gasteiger partial charge in [0.05, 0.1) is 22.7 Å². The molecule has 2 fully saturated rings. The van der Waals surface area contributed by atoms with Crippen molar-refractivity contribution in [1.29, 1.82) is 0 Å². The molecule has 0 radical (unpaired) electrons. The first kappa shape index (κ1) is 36.7. The fourth-order valence-electron chi connectivity index (χ4n) is 5.53. The van der Waals surface area contributed by atoms with Gasteiger partial charge >= 0.3 is 6.09 Å². The maximum absolute atomic E-state index is 14.3. The minimum atomic E-state index is -4.02. The van der Waals surface area contributed by atoms with E-state index in [1.165, 1.54) is 24.3 Å². The van der Waals surface area contributed by atoms with Crippen molar-refractivity contribution < 1.29 is 40.5 Å². The van der Waals surface area contributed by atoms with Crippen LogP contribution in [0.3, 0.4) is 0 Å². The second kappa shape index (κ2) is 16.0. The van der Waals surface area contributed by atoms with Gasteiger partial charge in [0, 0.05) is 56.6 Å². The van der Waals surface area contributed by atoms with Gasteiger partial charge in [-0.1, -0.05) is 28.9 Å². The van der Waals surface area contributed by atoms with Crippen LogP contribution in [-0.4, -0.2) is 88.5 Å². The number of nitrogens with zero attached hydrogens (tertiary/aromatic N) is 6. The monoisotopic (exact) mass is 715 g/mol. The van der Waals surface area contributed by atoms with E-state index >= 15 is 0 Å². The van der Waals surface area contributed by atoms with E-state index in [0.29, 0.717) is 61.9 Å². The van der Waals surface area contributed by atoms with Crippen molar-refractivity contribution >= 4 is 22.2 Å². The molecule has 6 rings (SSSR count). The van der Waals surface area contributed by atoms with Crippen LogP contribution in [-0.2, 0) is 26.2 Å². The van der Waals surface area contributed by atoms with Crippen molar-refractivity contribution in [3.05, 3.63) is 83.4 Å². The minimum absolute atomic E-state index is 0.0169. The normalized spacial score (nSPS) is 18.2. The quantitative estimate of drug-likeness (QED) is 0.243. The molecule has 0 unspecified atom stereocenters. The van der Waals surface area contributed by atoms with Crippen molar-refractivity contribution in [2.75, 3.05) is 31.1 Å². The van der Waals surface area contributed by atoms with Crippen LogP contribution >= 0.6 is 0 Å². The Morgan fingerprint density at radius 1 is 1.08 bits per heavy atom. The molecule has 0 spiro atoms. The fraction of sp³-hybridized carbons (Fsp3) is 0.424. The van der Waals surface area contributed by atoms with Crippen LogP contribution in [0.25, 0.3) is 11.5 Å². The molecule has 268 valence electrons. The Morgan fingerprint density at radius 2 is 1.76 bits per heavy atom. The van der Waals surface area contributed by atoms with Gasteiger partial charge in [-0.3, -0.25) is 4.55 Å². The molecule has 2 atom stereocenters. The third kappa shape index (κ3) is 9.56. The molecular weight excluding hydrogens is 676 g/mol. The Bertz CT molecular complexity index is 1850. The summed E-state index contributed by atoms with van der Waals surface area (Å²) in [6.07, 6.45) is 4.08. The molecule has 50 heavy (non-hydrogen) atoms. The maximum atomic E-state index is 14.3. The first-order valence-corrected chi connectivity index (χ1v) is 17.4. The Hall–Kier alpha value is -4.58. The number of nitrogens with two attached hydrogens (primary N) is 1. The number of piperidine rings is 1. The number of likely N-dealkylation sites (tertiary alicyclic amines) is 1. The second-order valence-electron chi connectivity index (χ2n) is 12.3. The molecule has 17 heteroatoms. The largest absolute Gasteiger partial charge is 0.447 e. The third-order valence-electron chi connectivity index (χ3n) is 8.17. The highest BCUT2D eigenvalue weighted by atomic mass is 32.2. The molecule has 0 saturated carbocycles. The number of carbonyl (C=O) groups is 1. The van der Waals surface area contributed by atoms with Gasteiger partial charge in [0.25, 0.3) is 16.0 Å². The van der Waals surface area contributed by atoms with E-state index in [9.17, 15) is 22.0 Å². The zero-order valence-corrected chi connectivity index (χ0v) is 28.6. The van der Waals surface area contributed by atoms with Gasteiger partial charge in [-0.05, 0) is 57.4 Å². The topological polar surface area (TPSA) is 187 Å². The molecule has 4 aromatic rings. The van der Waals surface area contributed by atoms with Crippen LogP contribution in [0.4, 0.5) is 19.5 Å². The predicted molar refractivity (Wildman–Crippen MR) is 177 cm³/mol. The Balaban J connectivity index is 0.000000377. The van der Waals surface area contributed by atoms with Crippen LogP contribution in [0.15, 0.2) is 64.3 Å². The van der Waals surface area contributed by atoms with Crippen LogP contribution in [0.1, 0.15) is 49.6 Å². The molecule has 2 saturated heterocycles. The zero-order valence-electron chi connectivity index (χ0n) is 27.8. The summed E-state index contributed by atoms with van der Waals surface area (Å²) < 4.78 is 73.7. The second-order valence-corrected chi connectivity index (χ2v) is 13.8. The first-order valence-electron chi connectivity index (χ1n) is 16.0. The summed E-state index contributed by atoms with van der Waals surface area (Å²) in [7, 11) is -4.02. The molecule has 0 bridgehead atoms. The number of carbonyl (C=O) groups excluding carboxylic acids is 1. The molecule has 2 aliphatic heterocycles. The fourth-order valence-corrected chi connectivity index (χ4v) is 6.01. The minimum Gasteiger partial charge on any atom is -0.447 e. The summed E-state index contributed by atoms with van der Waals surface area (Å²) in [6.45, 7) is 7.64. The van der Waals surface area contributed by atoms with E-state index in [-0.39, 0.29) is 47.7 Å². The number of benzene rings is 2. The van der Waals surface area contributed by atoms with E-state index in [0.717, 1.165) is 11.6 Å².